The van der Waals surface area contributed by atoms with Crippen LogP contribution in [0, 0.1) is 5.92 Å². The van der Waals surface area contributed by atoms with Crippen LogP contribution in [0.5, 0.6) is 0 Å². The number of nitrogens with one attached hydrogen (secondary N) is 1. The molecule has 0 spiro atoms. The first-order chi connectivity index (χ1) is 9.26. The van der Waals surface area contributed by atoms with E-state index in [4.69, 9.17) is 0 Å². The summed E-state index contributed by atoms with van der Waals surface area (Å²) in [5.74, 6) is 1.91. The molecule has 0 aliphatic heterocycles. The Balaban J connectivity index is 1.82. The highest BCUT2D eigenvalue weighted by molar-refractivity contribution is 7.18. The van der Waals surface area contributed by atoms with E-state index in [1.54, 1.807) is 17.7 Å². The second kappa shape index (κ2) is 5.45. The minimum atomic E-state index is 0.583. The van der Waals surface area contributed by atoms with E-state index in [1.165, 1.54) is 35.9 Å². The Morgan fingerprint density at radius 1 is 1.26 bits per heavy atom. The lowest BCUT2D eigenvalue weighted by molar-refractivity contribution is 0.361. The Morgan fingerprint density at radius 2 is 2.05 bits per heavy atom. The molecule has 19 heavy (non-hydrogen) atoms. The summed E-state index contributed by atoms with van der Waals surface area (Å²) in [4.78, 5) is 11.3. The van der Waals surface area contributed by atoms with Crippen molar-refractivity contribution >= 4 is 27.4 Å². The third-order valence-electron chi connectivity index (χ3n) is 4.09. The summed E-state index contributed by atoms with van der Waals surface area (Å²) < 4.78 is 0. The maximum Gasteiger partial charge on any atom is 0.138 e. The lowest BCUT2D eigenvalue weighted by atomic mass is 9.87. The van der Waals surface area contributed by atoms with Crippen LogP contribution in [0.25, 0.3) is 10.2 Å². The van der Waals surface area contributed by atoms with Gasteiger partial charge in [0.1, 0.15) is 17.0 Å². The molecular weight excluding hydrogens is 254 g/mol. The van der Waals surface area contributed by atoms with Gasteiger partial charge < -0.3 is 5.32 Å². The van der Waals surface area contributed by atoms with Gasteiger partial charge in [0.2, 0.25) is 0 Å². The van der Waals surface area contributed by atoms with Crippen LogP contribution in [0.1, 0.15) is 44.4 Å². The normalized spacial score (nSPS) is 23.7. The van der Waals surface area contributed by atoms with Crippen molar-refractivity contribution in [2.24, 2.45) is 5.92 Å². The molecule has 0 aromatic carbocycles. The van der Waals surface area contributed by atoms with Gasteiger partial charge in [-0.1, -0.05) is 13.8 Å². The monoisotopic (exact) mass is 275 g/mol. The van der Waals surface area contributed by atoms with Gasteiger partial charge >= 0.3 is 0 Å². The topological polar surface area (TPSA) is 37.8 Å². The zero-order chi connectivity index (χ0) is 13.2. The average molecular weight is 275 g/mol. The lowest BCUT2D eigenvalue weighted by Gasteiger charge is -2.27. The number of aryl methyl sites for hydroxylation is 1. The van der Waals surface area contributed by atoms with Gasteiger partial charge in [0.25, 0.3) is 0 Å². The van der Waals surface area contributed by atoms with Gasteiger partial charge in [0.15, 0.2) is 0 Å². The van der Waals surface area contributed by atoms with Gasteiger partial charge in [-0.05, 0) is 44.1 Å². The molecule has 1 saturated carbocycles. The van der Waals surface area contributed by atoms with E-state index < -0.39 is 0 Å². The molecule has 3 rings (SSSR count). The smallest absolute Gasteiger partial charge is 0.138 e. The minimum absolute atomic E-state index is 0.583. The van der Waals surface area contributed by atoms with E-state index in [1.807, 2.05) is 0 Å². The lowest BCUT2D eigenvalue weighted by Crippen LogP contribution is -2.25. The number of hydrogen-bond acceptors (Lipinski definition) is 4. The molecule has 0 atom stereocenters. The Labute approximate surface area is 118 Å². The third kappa shape index (κ3) is 2.73. The molecule has 1 N–H and O–H groups in total. The maximum atomic E-state index is 4.45. The summed E-state index contributed by atoms with van der Waals surface area (Å²) in [6.45, 7) is 4.54. The maximum absolute atomic E-state index is 4.45. The Morgan fingerprint density at radius 3 is 2.79 bits per heavy atom. The van der Waals surface area contributed by atoms with E-state index in [0.29, 0.717) is 6.04 Å². The molecule has 0 radical (unpaired) electrons. The summed E-state index contributed by atoms with van der Waals surface area (Å²) >= 11 is 1.78. The first-order valence-electron chi connectivity index (χ1n) is 7.26. The SMILES string of the molecule is CCc1cc2c(NC3CCC(C)CC3)ncnc2s1. The summed E-state index contributed by atoms with van der Waals surface area (Å²) in [5, 5.41) is 4.83. The zero-order valence-electron chi connectivity index (χ0n) is 11.6. The van der Waals surface area contributed by atoms with Crippen molar-refractivity contribution in [3.05, 3.63) is 17.3 Å². The molecule has 0 bridgehead atoms. The van der Waals surface area contributed by atoms with Crippen LogP contribution in [-0.2, 0) is 6.42 Å². The van der Waals surface area contributed by atoms with Gasteiger partial charge in [0.05, 0.1) is 5.39 Å². The molecule has 102 valence electrons. The van der Waals surface area contributed by atoms with Gasteiger partial charge in [-0.25, -0.2) is 9.97 Å². The van der Waals surface area contributed by atoms with E-state index >= 15 is 0 Å². The zero-order valence-corrected chi connectivity index (χ0v) is 12.5. The minimum Gasteiger partial charge on any atom is -0.367 e. The highest BCUT2D eigenvalue weighted by Gasteiger charge is 2.19. The van der Waals surface area contributed by atoms with Crippen molar-refractivity contribution < 1.29 is 0 Å². The summed E-state index contributed by atoms with van der Waals surface area (Å²) in [6, 6.07) is 2.83. The summed E-state index contributed by atoms with van der Waals surface area (Å²) in [7, 11) is 0. The van der Waals surface area contributed by atoms with Gasteiger partial charge in [-0.2, -0.15) is 0 Å². The van der Waals surface area contributed by atoms with Crippen LogP contribution in [0.4, 0.5) is 5.82 Å². The fourth-order valence-corrected chi connectivity index (χ4v) is 3.73. The first-order valence-corrected chi connectivity index (χ1v) is 8.08. The first kappa shape index (κ1) is 12.9. The number of rotatable bonds is 3. The van der Waals surface area contributed by atoms with E-state index in [2.05, 4.69) is 35.2 Å². The van der Waals surface area contributed by atoms with E-state index in [0.717, 1.165) is 23.0 Å². The van der Waals surface area contributed by atoms with Crippen LogP contribution >= 0.6 is 11.3 Å². The molecule has 4 heteroatoms. The summed E-state index contributed by atoms with van der Waals surface area (Å²) in [6.07, 6.45) is 7.94. The van der Waals surface area contributed by atoms with Crippen LogP contribution in [-0.4, -0.2) is 16.0 Å². The van der Waals surface area contributed by atoms with Crippen LogP contribution in [0.3, 0.4) is 0 Å². The number of aromatic nitrogens is 2. The number of anilines is 1. The van der Waals surface area contributed by atoms with Crippen LogP contribution < -0.4 is 5.32 Å². The Kier molecular flexibility index (Phi) is 3.69. The van der Waals surface area contributed by atoms with Crippen LogP contribution in [0.2, 0.25) is 0 Å². The molecule has 1 fully saturated rings. The molecule has 0 unspecified atom stereocenters. The van der Waals surface area contributed by atoms with Crippen molar-refractivity contribution in [3.63, 3.8) is 0 Å². The molecule has 2 heterocycles. The number of hydrogen-bond donors (Lipinski definition) is 1. The second-order valence-corrected chi connectivity index (χ2v) is 6.72. The highest BCUT2D eigenvalue weighted by atomic mass is 32.1. The van der Waals surface area contributed by atoms with Crippen molar-refractivity contribution in [1.29, 1.82) is 0 Å². The average Bonchev–Trinajstić information content (AvgIpc) is 2.85. The molecule has 0 amide bonds. The fraction of sp³-hybridized carbons (Fsp3) is 0.600. The van der Waals surface area contributed by atoms with Crippen molar-refractivity contribution in [3.8, 4) is 0 Å². The quantitative estimate of drug-likeness (QED) is 0.910. The molecule has 0 saturated heterocycles. The second-order valence-electron chi connectivity index (χ2n) is 5.61. The molecule has 1 aliphatic carbocycles. The van der Waals surface area contributed by atoms with Gasteiger partial charge in [-0.15, -0.1) is 11.3 Å². The third-order valence-corrected chi connectivity index (χ3v) is 5.27. The van der Waals surface area contributed by atoms with E-state index in [9.17, 15) is 0 Å². The molecule has 2 aromatic heterocycles. The number of thiophene rings is 1. The standard InChI is InChI=1S/C15H21N3S/c1-3-12-8-13-14(16-9-17-15(13)19-12)18-11-6-4-10(2)5-7-11/h8-11H,3-7H2,1-2H3,(H,16,17,18). The Hall–Kier alpha value is -1.16. The number of fused-ring (bicyclic) bond motifs is 1. The van der Waals surface area contributed by atoms with E-state index in [-0.39, 0.29) is 0 Å². The van der Waals surface area contributed by atoms with Crippen molar-refractivity contribution in [2.75, 3.05) is 5.32 Å². The number of nitrogens with zero attached hydrogens (tertiary/aromatic N) is 2. The largest absolute Gasteiger partial charge is 0.367 e. The van der Waals surface area contributed by atoms with Gasteiger partial charge in [-0.3, -0.25) is 0 Å². The van der Waals surface area contributed by atoms with Crippen molar-refractivity contribution in [2.45, 2.75) is 52.0 Å². The highest BCUT2D eigenvalue weighted by Crippen LogP contribution is 2.31. The molecular formula is C15H21N3S. The summed E-state index contributed by atoms with van der Waals surface area (Å²) in [5.41, 5.74) is 0. The fourth-order valence-electron chi connectivity index (χ4n) is 2.79. The van der Waals surface area contributed by atoms with Gasteiger partial charge in [0, 0.05) is 10.9 Å². The van der Waals surface area contributed by atoms with Crippen LogP contribution in [0.15, 0.2) is 12.4 Å². The predicted molar refractivity (Wildman–Crippen MR) is 81.8 cm³/mol. The Bertz CT molecular complexity index is 556. The van der Waals surface area contributed by atoms with Crippen molar-refractivity contribution in [1.82, 2.24) is 9.97 Å². The molecule has 2 aromatic rings. The molecule has 3 nitrogen and oxygen atoms in total. The predicted octanol–water partition coefficient (Wildman–Crippen LogP) is 4.24. The molecule has 1 aliphatic rings.